The van der Waals surface area contributed by atoms with E-state index in [1.54, 1.807) is 12.3 Å². The Morgan fingerprint density at radius 3 is 2.50 bits per heavy atom. The lowest BCUT2D eigenvalue weighted by Gasteiger charge is -2.00. The number of halogens is 1. The molecule has 2 aromatic rings. The van der Waals surface area contributed by atoms with Crippen LogP contribution >= 0.6 is 0 Å². The maximum atomic E-state index is 13.1. The number of para-hydroxylation sites is 1. The standard InChI is InChI=1S/C10H8FN.C2H6/c1-7-5-6-12-10-8(7)3-2-4-9(10)11;1-2/h2-6H,1H3;1-2H3. The van der Waals surface area contributed by atoms with Crippen molar-refractivity contribution in [1.82, 2.24) is 4.98 Å². The number of hydrogen-bond acceptors (Lipinski definition) is 1. The van der Waals surface area contributed by atoms with E-state index >= 15 is 0 Å². The summed E-state index contributed by atoms with van der Waals surface area (Å²) < 4.78 is 13.1. The third-order valence-corrected chi connectivity index (χ3v) is 1.94. The molecule has 0 radical (unpaired) electrons. The zero-order valence-corrected chi connectivity index (χ0v) is 8.71. The molecule has 74 valence electrons. The Bertz CT molecular complexity index is 382. The first-order valence-corrected chi connectivity index (χ1v) is 4.79. The van der Waals surface area contributed by atoms with Gasteiger partial charge in [0.2, 0.25) is 0 Å². The van der Waals surface area contributed by atoms with Crippen LogP contribution in [0.5, 0.6) is 0 Å². The summed E-state index contributed by atoms with van der Waals surface area (Å²) in [5.74, 6) is -0.254. The van der Waals surface area contributed by atoms with Gasteiger partial charge in [-0.1, -0.05) is 26.0 Å². The van der Waals surface area contributed by atoms with Crippen LogP contribution in [0.1, 0.15) is 19.4 Å². The van der Waals surface area contributed by atoms with Crippen molar-refractivity contribution in [3.63, 3.8) is 0 Å². The van der Waals surface area contributed by atoms with Crippen molar-refractivity contribution in [3.8, 4) is 0 Å². The fourth-order valence-corrected chi connectivity index (χ4v) is 1.28. The summed E-state index contributed by atoms with van der Waals surface area (Å²) in [6, 6.07) is 6.88. The molecule has 2 rings (SSSR count). The smallest absolute Gasteiger partial charge is 0.149 e. The van der Waals surface area contributed by atoms with Gasteiger partial charge < -0.3 is 0 Å². The van der Waals surface area contributed by atoms with Gasteiger partial charge in [0.05, 0.1) is 0 Å². The molecular formula is C12H14FN. The Kier molecular flexibility index (Phi) is 3.57. The second kappa shape index (κ2) is 4.70. The summed E-state index contributed by atoms with van der Waals surface area (Å²) in [7, 11) is 0. The summed E-state index contributed by atoms with van der Waals surface area (Å²) in [4.78, 5) is 3.97. The van der Waals surface area contributed by atoms with Crippen LogP contribution in [0, 0.1) is 12.7 Å². The average molecular weight is 191 g/mol. The minimum Gasteiger partial charge on any atom is -0.253 e. The molecule has 2 heteroatoms. The summed E-state index contributed by atoms with van der Waals surface area (Å²) in [5.41, 5.74) is 1.51. The highest BCUT2D eigenvalue weighted by molar-refractivity contribution is 5.82. The lowest BCUT2D eigenvalue weighted by atomic mass is 10.1. The van der Waals surface area contributed by atoms with Crippen LogP contribution < -0.4 is 0 Å². The number of nitrogens with zero attached hydrogens (tertiary/aromatic N) is 1. The largest absolute Gasteiger partial charge is 0.253 e. The van der Waals surface area contributed by atoms with E-state index in [4.69, 9.17) is 0 Å². The molecule has 0 saturated heterocycles. The molecule has 1 aromatic heterocycles. The maximum Gasteiger partial charge on any atom is 0.149 e. The summed E-state index contributed by atoms with van der Waals surface area (Å²) in [6.07, 6.45) is 1.63. The molecule has 0 fully saturated rings. The molecular weight excluding hydrogens is 177 g/mol. The SMILES string of the molecule is CC.Cc1ccnc2c(F)cccc12. The highest BCUT2D eigenvalue weighted by atomic mass is 19.1. The number of pyridine rings is 1. The Balaban J connectivity index is 0.000000461. The van der Waals surface area contributed by atoms with E-state index in [2.05, 4.69) is 4.98 Å². The number of fused-ring (bicyclic) bond motifs is 1. The fourth-order valence-electron chi connectivity index (χ4n) is 1.28. The Morgan fingerprint density at radius 2 is 1.86 bits per heavy atom. The average Bonchev–Trinajstić information content (AvgIpc) is 2.23. The fraction of sp³-hybridized carbons (Fsp3) is 0.250. The molecule has 1 heterocycles. The van der Waals surface area contributed by atoms with E-state index in [-0.39, 0.29) is 5.82 Å². The zero-order chi connectivity index (χ0) is 10.6. The second-order valence-electron chi connectivity index (χ2n) is 2.76. The van der Waals surface area contributed by atoms with Crippen LogP contribution in [0.15, 0.2) is 30.5 Å². The Labute approximate surface area is 83.6 Å². The second-order valence-corrected chi connectivity index (χ2v) is 2.76. The van der Waals surface area contributed by atoms with E-state index in [0.29, 0.717) is 5.52 Å². The highest BCUT2D eigenvalue weighted by Crippen LogP contribution is 2.17. The predicted octanol–water partition coefficient (Wildman–Crippen LogP) is 3.71. The first-order valence-electron chi connectivity index (χ1n) is 4.79. The lowest BCUT2D eigenvalue weighted by Crippen LogP contribution is -1.85. The van der Waals surface area contributed by atoms with E-state index in [1.807, 2.05) is 32.9 Å². The summed E-state index contributed by atoms with van der Waals surface area (Å²) in [5, 5.41) is 0.887. The van der Waals surface area contributed by atoms with E-state index in [9.17, 15) is 4.39 Å². The molecule has 0 unspecified atom stereocenters. The van der Waals surface area contributed by atoms with Gasteiger partial charge in [-0.25, -0.2) is 4.39 Å². The first-order chi connectivity index (χ1) is 6.79. The van der Waals surface area contributed by atoms with Gasteiger partial charge in [0.25, 0.3) is 0 Å². The van der Waals surface area contributed by atoms with Gasteiger partial charge in [0.15, 0.2) is 0 Å². The molecule has 0 saturated carbocycles. The van der Waals surface area contributed by atoms with E-state index < -0.39 is 0 Å². The van der Waals surface area contributed by atoms with Crippen LogP contribution in [0.2, 0.25) is 0 Å². The van der Waals surface area contributed by atoms with E-state index in [0.717, 1.165) is 10.9 Å². The Morgan fingerprint density at radius 1 is 1.14 bits per heavy atom. The third-order valence-electron chi connectivity index (χ3n) is 1.94. The molecule has 0 aliphatic carbocycles. The molecule has 0 aliphatic rings. The topological polar surface area (TPSA) is 12.9 Å². The van der Waals surface area contributed by atoms with Crippen molar-refractivity contribution in [3.05, 3.63) is 41.8 Å². The Hall–Kier alpha value is -1.44. The number of aryl methyl sites for hydroxylation is 1. The van der Waals surface area contributed by atoms with Crippen LogP contribution in [0.4, 0.5) is 4.39 Å². The van der Waals surface area contributed by atoms with Crippen molar-refractivity contribution in [2.75, 3.05) is 0 Å². The monoisotopic (exact) mass is 191 g/mol. The molecule has 0 bridgehead atoms. The van der Waals surface area contributed by atoms with Gasteiger partial charge in [-0.05, 0) is 24.6 Å². The third kappa shape index (κ3) is 1.90. The number of aromatic nitrogens is 1. The van der Waals surface area contributed by atoms with Crippen LogP contribution in [-0.2, 0) is 0 Å². The quantitative estimate of drug-likeness (QED) is 0.618. The predicted molar refractivity (Wildman–Crippen MR) is 57.8 cm³/mol. The zero-order valence-electron chi connectivity index (χ0n) is 8.71. The van der Waals surface area contributed by atoms with Gasteiger partial charge in [0.1, 0.15) is 11.3 Å². The van der Waals surface area contributed by atoms with Crippen LogP contribution in [0.25, 0.3) is 10.9 Å². The summed E-state index contributed by atoms with van der Waals surface area (Å²) in [6.45, 7) is 5.95. The lowest BCUT2D eigenvalue weighted by molar-refractivity contribution is 0.637. The van der Waals surface area contributed by atoms with Gasteiger partial charge in [-0.2, -0.15) is 0 Å². The first kappa shape index (κ1) is 10.6. The molecule has 0 aliphatic heterocycles. The minimum atomic E-state index is -0.254. The van der Waals surface area contributed by atoms with Crippen molar-refractivity contribution in [2.45, 2.75) is 20.8 Å². The molecule has 0 amide bonds. The van der Waals surface area contributed by atoms with Gasteiger partial charge in [0, 0.05) is 11.6 Å². The highest BCUT2D eigenvalue weighted by Gasteiger charge is 2.01. The van der Waals surface area contributed by atoms with Crippen molar-refractivity contribution < 1.29 is 4.39 Å². The van der Waals surface area contributed by atoms with Crippen LogP contribution in [0.3, 0.4) is 0 Å². The normalized spacial score (nSPS) is 9.43. The van der Waals surface area contributed by atoms with Gasteiger partial charge >= 0.3 is 0 Å². The van der Waals surface area contributed by atoms with Crippen molar-refractivity contribution in [2.24, 2.45) is 0 Å². The summed E-state index contributed by atoms with van der Waals surface area (Å²) >= 11 is 0. The van der Waals surface area contributed by atoms with E-state index in [1.165, 1.54) is 6.07 Å². The molecule has 0 spiro atoms. The number of benzene rings is 1. The number of hydrogen-bond donors (Lipinski definition) is 0. The number of rotatable bonds is 0. The minimum absolute atomic E-state index is 0.254. The molecule has 1 nitrogen and oxygen atoms in total. The van der Waals surface area contributed by atoms with Gasteiger partial charge in [-0.15, -0.1) is 0 Å². The molecule has 0 N–H and O–H groups in total. The van der Waals surface area contributed by atoms with Crippen molar-refractivity contribution >= 4 is 10.9 Å². The van der Waals surface area contributed by atoms with Gasteiger partial charge in [-0.3, -0.25) is 4.98 Å². The molecule has 14 heavy (non-hydrogen) atoms. The molecule has 1 aromatic carbocycles. The molecule has 0 atom stereocenters. The van der Waals surface area contributed by atoms with Crippen LogP contribution in [-0.4, -0.2) is 4.98 Å². The van der Waals surface area contributed by atoms with Crippen molar-refractivity contribution in [1.29, 1.82) is 0 Å². The maximum absolute atomic E-state index is 13.1.